The summed E-state index contributed by atoms with van der Waals surface area (Å²) in [5, 5.41) is 14.5. The lowest BCUT2D eigenvalue weighted by molar-refractivity contribution is -0.143. The zero-order chi connectivity index (χ0) is 25.8. The number of alkyl halides is 6. The molecule has 1 fully saturated rings. The van der Waals surface area contributed by atoms with Crippen molar-refractivity contribution in [1.29, 1.82) is 0 Å². The van der Waals surface area contributed by atoms with Crippen molar-refractivity contribution in [2.75, 3.05) is 5.73 Å². The van der Waals surface area contributed by atoms with Gasteiger partial charge in [0.1, 0.15) is 5.76 Å². The van der Waals surface area contributed by atoms with Gasteiger partial charge in [0.2, 0.25) is 0 Å². The largest absolute Gasteiger partial charge is 0.454 e. The van der Waals surface area contributed by atoms with Crippen LogP contribution in [0.4, 0.5) is 32.0 Å². The highest BCUT2D eigenvalue weighted by Crippen LogP contribution is 2.41. The van der Waals surface area contributed by atoms with Crippen molar-refractivity contribution in [3.8, 4) is 22.6 Å². The predicted octanol–water partition coefficient (Wildman–Crippen LogP) is 6.45. The molecule has 0 amide bonds. The highest BCUT2D eigenvalue weighted by atomic mass is 19.4. The Balaban J connectivity index is 1.59. The van der Waals surface area contributed by atoms with E-state index in [-0.39, 0.29) is 35.2 Å². The Morgan fingerprint density at radius 1 is 0.889 bits per heavy atom. The normalized spacial score (nSPS) is 19.2. The first-order valence-corrected chi connectivity index (χ1v) is 11.1. The Morgan fingerprint density at radius 3 is 2.14 bits per heavy atom. The summed E-state index contributed by atoms with van der Waals surface area (Å²) in [6, 6.07) is 2.69. The number of hydrogen-bond acceptors (Lipinski definition) is 5. The van der Waals surface area contributed by atoms with Crippen LogP contribution >= 0.6 is 0 Å². The number of aliphatic hydroxyl groups is 1. The van der Waals surface area contributed by atoms with Gasteiger partial charge < -0.3 is 15.3 Å². The molecule has 0 unspecified atom stereocenters. The summed E-state index contributed by atoms with van der Waals surface area (Å²) in [5.74, 6) is -0.212. The Bertz CT molecular complexity index is 1380. The monoisotopic (exact) mass is 510 g/mol. The van der Waals surface area contributed by atoms with Crippen molar-refractivity contribution >= 4 is 16.7 Å². The number of aromatic nitrogens is 3. The SMILES string of the molecule is Nc1cnc(-c2cnn(C3CCC(O)CC3)c2)c2cc(-c3cc(C(F)(F)F)cc(C(F)(F)F)c3)oc12. The van der Waals surface area contributed by atoms with E-state index in [0.717, 1.165) is 12.8 Å². The Hall–Kier alpha value is -3.54. The molecule has 0 aliphatic heterocycles. The van der Waals surface area contributed by atoms with E-state index in [9.17, 15) is 31.4 Å². The number of anilines is 1. The third-order valence-corrected chi connectivity index (χ3v) is 6.37. The molecule has 5 rings (SSSR count). The average Bonchev–Trinajstić information content (AvgIpc) is 3.47. The van der Waals surface area contributed by atoms with Crippen LogP contribution in [0.25, 0.3) is 33.6 Å². The summed E-state index contributed by atoms with van der Waals surface area (Å²) in [7, 11) is 0. The van der Waals surface area contributed by atoms with Crippen LogP contribution in [0.2, 0.25) is 0 Å². The first-order valence-electron chi connectivity index (χ1n) is 11.1. The van der Waals surface area contributed by atoms with Gasteiger partial charge in [-0.2, -0.15) is 31.4 Å². The predicted molar refractivity (Wildman–Crippen MR) is 119 cm³/mol. The topological polar surface area (TPSA) is 90.1 Å². The zero-order valence-corrected chi connectivity index (χ0v) is 18.6. The number of fused-ring (bicyclic) bond motifs is 1. The molecule has 0 bridgehead atoms. The molecule has 4 aromatic rings. The number of hydrogen-bond donors (Lipinski definition) is 2. The quantitative estimate of drug-likeness (QED) is 0.309. The third kappa shape index (κ3) is 4.52. The van der Waals surface area contributed by atoms with Crippen LogP contribution in [0.15, 0.2) is 47.3 Å². The van der Waals surface area contributed by atoms with E-state index in [2.05, 4.69) is 10.1 Å². The second-order valence-electron chi connectivity index (χ2n) is 8.88. The molecule has 0 radical (unpaired) electrons. The minimum absolute atomic E-state index is 0.0617. The maximum absolute atomic E-state index is 13.3. The number of pyridine rings is 1. The standard InChI is InChI=1S/C24H20F6N4O2/c25-23(26,27)14-5-12(6-15(7-14)24(28,29)30)20-8-18-21(32-10-19(31)22(18)36-20)13-9-33-34(11-13)16-1-3-17(35)4-2-16/h5-11,16-17,35H,1-4,31H2. The van der Waals surface area contributed by atoms with Gasteiger partial charge in [-0.15, -0.1) is 0 Å². The van der Waals surface area contributed by atoms with Crippen molar-refractivity contribution in [3.05, 3.63) is 54.0 Å². The second kappa shape index (κ2) is 8.54. The number of nitrogens with zero attached hydrogens (tertiary/aromatic N) is 3. The minimum Gasteiger partial charge on any atom is -0.454 e. The third-order valence-electron chi connectivity index (χ3n) is 6.37. The fourth-order valence-corrected chi connectivity index (χ4v) is 4.50. The van der Waals surface area contributed by atoms with Gasteiger partial charge in [0.25, 0.3) is 0 Å². The molecule has 6 nitrogen and oxygen atoms in total. The number of nitrogen functional groups attached to an aromatic ring is 1. The van der Waals surface area contributed by atoms with Crippen molar-refractivity contribution in [3.63, 3.8) is 0 Å². The van der Waals surface area contributed by atoms with Crippen LogP contribution in [0.3, 0.4) is 0 Å². The Morgan fingerprint density at radius 2 is 1.53 bits per heavy atom. The summed E-state index contributed by atoms with van der Waals surface area (Å²) < 4.78 is 87.4. The lowest BCUT2D eigenvalue weighted by atomic mass is 9.93. The van der Waals surface area contributed by atoms with Crippen LogP contribution in [0.5, 0.6) is 0 Å². The van der Waals surface area contributed by atoms with Crippen LogP contribution in [0, 0.1) is 0 Å². The molecule has 1 aliphatic carbocycles. The summed E-state index contributed by atoms with van der Waals surface area (Å²) in [5.41, 5.74) is 3.81. The number of halogens is 6. The highest BCUT2D eigenvalue weighted by molar-refractivity contribution is 5.99. The van der Waals surface area contributed by atoms with Crippen molar-refractivity contribution in [2.24, 2.45) is 0 Å². The number of nitrogens with two attached hydrogens (primary N) is 1. The van der Waals surface area contributed by atoms with Crippen LogP contribution in [0.1, 0.15) is 42.9 Å². The molecule has 0 spiro atoms. The van der Waals surface area contributed by atoms with Crippen LogP contribution in [-0.2, 0) is 12.4 Å². The number of benzene rings is 1. The van der Waals surface area contributed by atoms with Gasteiger partial charge in [-0.05, 0) is 49.9 Å². The molecule has 3 aromatic heterocycles. The summed E-state index contributed by atoms with van der Waals surface area (Å²) in [4.78, 5) is 4.33. The molecule has 1 aromatic carbocycles. The Kier molecular flexibility index (Phi) is 5.73. The highest BCUT2D eigenvalue weighted by Gasteiger charge is 2.37. The maximum Gasteiger partial charge on any atom is 0.416 e. The first-order chi connectivity index (χ1) is 16.9. The molecule has 3 heterocycles. The van der Waals surface area contributed by atoms with E-state index in [1.807, 2.05) is 0 Å². The molecule has 190 valence electrons. The molecular formula is C24H20F6N4O2. The first kappa shape index (κ1) is 24.2. The molecule has 1 saturated carbocycles. The zero-order valence-electron chi connectivity index (χ0n) is 18.6. The lowest BCUT2D eigenvalue weighted by Crippen LogP contribution is -2.21. The smallest absolute Gasteiger partial charge is 0.416 e. The number of furan rings is 1. The second-order valence-corrected chi connectivity index (χ2v) is 8.88. The van der Waals surface area contributed by atoms with E-state index in [1.165, 1.54) is 12.3 Å². The summed E-state index contributed by atoms with van der Waals surface area (Å²) in [6.45, 7) is 0. The van der Waals surface area contributed by atoms with Crippen molar-refractivity contribution in [1.82, 2.24) is 14.8 Å². The molecule has 3 N–H and O–H groups in total. The van der Waals surface area contributed by atoms with Gasteiger partial charge in [-0.25, -0.2) is 0 Å². The van der Waals surface area contributed by atoms with Gasteiger partial charge in [-0.1, -0.05) is 0 Å². The van der Waals surface area contributed by atoms with E-state index in [1.54, 1.807) is 17.1 Å². The van der Waals surface area contributed by atoms with Crippen molar-refractivity contribution < 1.29 is 35.9 Å². The fourth-order valence-electron chi connectivity index (χ4n) is 4.50. The average molecular weight is 510 g/mol. The van der Waals surface area contributed by atoms with Gasteiger partial charge in [-0.3, -0.25) is 9.67 Å². The minimum atomic E-state index is -4.99. The van der Waals surface area contributed by atoms with Crippen LogP contribution in [-0.4, -0.2) is 26.0 Å². The van der Waals surface area contributed by atoms with Gasteiger partial charge in [0, 0.05) is 22.7 Å². The van der Waals surface area contributed by atoms with E-state index in [4.69, 9.17) is 10.2 Å². The number of aliphatic hydroxyl groups excluding tert-OH is 1. The van der Waals surface area contributed by atoms with E-state index in [0.29, 0.717) is 41.6 Å². The molecule has 12 heteroatoms. The molecule has 1 aliphatic rings. The molecule has 36 heavy (non-hydrogen) atoms. The maximum atomic E-state index is 13.3. The van der Waals surface area contributed by atoms with Crippen molar-refractivity contribution in [2.45, 2.75) is 50.2 Å². The van der Waals surface area contributed by atoms with E-state index >= 15 is 0 Å². The summed E-state index contributed by atoms with van der Waals surface area (Å²) in [6.07, 6.45) is -2.84. The molecule has 0 atom stereocenters. The molecule has 0 saturated heterocycles. The fraction of sp³-hybridized carbons (Fsp3) is 0.333. The van der Waals surface area contributed by atoms with Crippen LogP contribution < -0.4 is 5.73 Å². The Labute approximate surface area is 200 Å². The number of rotatable bonds is 3. The van der Waals surface area contributed by atoms with Gasteiger partial charge in [0.05, 0.1) is 47.0 Å². The van der Waals surface area contributed by atoms with Gasteiger partial charge >= 0.3 is 12.4 Å². The van der Waals surface area contributed by atoms with E-state index < -0.39 is 29.0 Å². The van der Waals surface area contributed by atoms with Gasteiger partial charge in [0.15, 0.2) is 5.58 Å². The molecular weight excluding hydrogens is 490 g/mol. The summed E-state index contributed by atoms with van der Waals surface area (Å²) >= 11 is 0. The lowest BCUT2D eigenvalue weighted by Gasteiger charge is -2.25.